The number of methoxy groups -OCH3 is 1. The van der Waals surface area contributed by atoms with Crippen molar-refractivity contribution in [1.82, 2.24) is 9.13 Å². The minimum Gasteiger partial charge on any atom is -0.386 e. The molecule has 1 fully saturated rings. The topological polar surface area (TPSA) is 129 Å². The van der Waals surface area contributed by atoms with Gasteiger partial charge in [0.1, 0.15) is 18.3 Å². The van der Waals surface area contributed by atoms with Gasteiger partial charge in [0.15, 0.2) is 6.23 Å². The molecule has 1 aliphatic rings. The lowest BCUT2D eigenvalue weighted by Crippen LogP contribution is -2.42. The van der Waals surface area contributed by atoms with Gasteiger partial charge in [-0.3, -0.25) is 18.5 Å². The number of aliphatic hydroxyl groups is 1. The minimum atomic E-state index is -3.72. The standard InChI is InChI=1S/C12H19N2O8P/c1-13-8(15)4-5-14(12(13)17)11-9(16)10(20-2)7(22-11)6-21-23(3,18)19/h4-5,7,9-11,16H,6H2,1-3H3,(H,18,19)/t7-,9-,10-,11-/m1/s1. The van der Waals surface area contributed by atoms with Crippen LogP contribution < -0.4 is 11.2 Å². The van der Waals surface area contributed by atoms with Crippen LogP contribution in [0.1, 0.15) is 6.23 Å². The molecule has 0 saturated carbocycles. The van der Waals surface area contributed by atoms with Crippen molar-refractivity contribution in [3.05, 3.63) is 33.1 Å². The Labute approximate surface area is 131 Å². The lowest BCUT2D eigenvalue weighted by Gasteiger charge is -2.19. The van der Waals surface area contributed by atoms with Crippen LogP contribution in [0.5, 0.6) is 0 Å². The molecule has 1 saturated heterocycles. The van der Waals surface area contributed by atoms with Crippen LogP contribution in [0.25, 0.3) is 0 Å². The van der Waals surface area contributed by atoms with Crippen molar-refractivity contribution in [2.45, 2.75) is 24.5 Å². The fourth-order valence-corrected chi connectivity index (χ4v) is 2.79. The van der Waals surface area contributed by atoms with E-state index in [0.717, 1.165) is 21.9 Å². The lowest BCUT2D eigenvalue weighted by molar-refractivity contribution is -0.0543. The van der Waals surface area contributed by atoms with Crippen molar-refractivity contribution in [2.24, 2.45) is 7.05 Å². The first kappa shape index (κ1) is 18.1. The molecule has 11 heteroatoms. The highest BCUT2D eigenvalue weighted by molar-refractivity contribution is 7.51. The summed E-state index contributed by atoms with van der Waals surface area (Å²) in [6.45, 7) is 0.728. The molecule has 1 unspecified atom stereocenters. The fourth-order valence-electron chi connectivity index (χ4n) is 2.37. The van der Waals surface area contributed by atoms with Gasteiger partial charge in [0.05, 0.1) is 6.61 Å². The molecule has 1 aromatic heterocycles. The van der Waals surface area contributed by atoms with Crippen molar-refractivity contribution in [1.29, 1.82) is 0 Å². The maximum absolute atomic E-state index is 12.1. The Kier molecular flexibility index (Phi) is 5.24. The summed E-state index contributed by atoms with van der Waals surface area (Å²) in [4.78, 5) is 32.7. The van der Waals surface area contributed by atoms with E-state index in [9.17, 15) is 24.2 Å². The van der Waals surface area contributed by atoms with Crippen LogP contribution >= 0.6 is 7.60 Å². The van der Waals surface area contributed by atoms with Crippen molar-refractivity contribution < 1.29 is 28.6 Å². The van der Waals surface area contributed by atoms with Gasteiger partial charge in [0.25, 0.3) is 5.56 Å². The van der Waals surface area contributed by atoms with E-state index in [1.54, 1.807) is 0 Å². The van der Waals surface area contributed by atoms with Crippen LogP contribution in [-0.2, 0) is 25.6 Å². The SMILES string of the molecule is CO[C@H]1[C@@H](O)[C@H](n2ccc(=O)n(C)c2=O)O[C@@H]1COP(C)(=O)O. The van der Waals surface area contributed by atoms with E-state index in [2.05, 4.69) is 0 Å². The van der Waals surface area contributed by atoms with Crippen LogP contribution in [-0.4, -0.2) is 57.8 Å². The zero-order chi connectivity index (χ0) is 17.4. The maximum atomic E-state index is 12.1. The monoisotopic (exact) mass is 350 g/mol. The Morgan fingerprint density at radius 1 is 1.43 bits per heavy atom. The Bertz CT molecular complexity index is 723. The van der Waals surface area contributed by atoms with E-state index in [1.165, 1.54) is 20.4 Å². The quantitative estimate of drug-likeness (QED) is 0.624. The first-order valence-electron chi connectivity index (χ1n) is 6.75. The van der Waals surface area contributed by atoms with Gasteiger partial charge in [-0.05, 0) is 0 Å². The molecule has 1 aromatic rings. The molecule has 5 atom stereocenters. The second kappa shape index (κ2) is 6.68. The van der Waals surface area contributed by atoms with Crippen LogP contribution in [0.3, 0.4) is 0 Å². The van der Waals surface area contributed by atoms with Crippen LogP contribution in [0.2, 0.25) is 0 Å². The summed E-state index contributed by atoms with van der Waals surface area (Å²) < 4.78 is 28.6. The molecule has 1 aliphatic heterocycles. The highest BCUT2D eigenvalue weighted by atomic mass is 31.2. The van der Waals surface area contributed by atoms with E-state index in [-0.39, 0.29) is 6.61 Å². The Hall–Kier alpha value is -1.29. The Morgan fingerprint density at radius 3 is 2.65 bits per heavy atom. The van der Waals surface area contributed by atoms with E-state index < -0.39 is 43.4 Å². The van der Waals surface area contributed by atoms with E-state index in [1.807, 2.05) is 0 Å². The van der Waals surface area contributed by atoms with Gasteiger partial charge in [0, 0.05) is 33.1 Å². The molecular formula is C12H19N2O8P. The van der Waals surface area contributed by atoms with Crippen molar-refractivity contribution in [2.75, 3.05) is 20.4 Å². The third-order valence-corrected chi connectivity index (χ3v) is 4.18. The van der Waals surface area contributed by atoms with E-state index in [4.69, 9.17) is 14.0 Å². The maximum Gasteiger partial charge on any atom is 0.332 e. The molecular weight excluding hydrogens is 331 g/mol. The van der Waals surface area contributed by atoms with Crippen LogP contribution in [0.15, 0.2) is 21.9 Å². The Balaban J connectivity index is 2.28. The minimum absolute atomic E-state index is 0.295. The van der Waals surface area contributed by atoms with Gasteiger partial charge < -0.3 is 24.0 Å². The second-order valence-electron chi connectivity index (χ2n) is 5.26. The number of ether oxygens (including phenoxy) is 2. The Morgan fingerprint density at radius 2 is 2.09 bits per heavy atom. The highest BCUT2D eigenvalue weighted by Crippen LogP contribution is 2.39. The predicted octanol–water partition coefficient (Wildman–Crippen LogP) is -1.35. The summed E-state index contributed by atoms with van der Waals surface area (Å²) >= 11 is 0. The number of hydrogen-bond acceptors (Lipinski definition) is 7. The molecule has 10 nitrogen and oxygen atoms in total. The summed E-state index contributed by atoms with van der Waals surface area (Å²) in [6.07, 6.45) is -2.84. The molecule has 2 rings (SSSR count). The summed E-state index contributed by atoms with van der Waals surface area (Å²) in [5, 5.41) is 10.3. The predicted molar refractivity (Wildman–Crippen MR) is 78.4 cm³/mol. The van der Waals surface area contributed by atoms with Gasteiger partial charge in [-0.1, -0.05) is 0 Å². The first-order chi connectivity index (χ1) is 10.7. The van der Waals surface area contributed by atoms with E-state index >= 15 is 0 Å². The number of aliphatic hydroxyl groups excluding tert-OH is 1. The van der Waals surface area contributed by atoms with Gasteiger partial charge in [-0.2, -0.15) is 0 Å². The summed E-state index contributed by atoms with van der Waals surface area (Å²) in [5.41, 5.74) is -1.16. The average molecular weight is 350 g/mol. The van der Waals surface area contributed by atoms with Crippen molar-refractivity contribution in [3.8, 4) is 0 Å². The third kappa shape index (κ3) is 3.79. The van der Waals surface area contributed by atoms with Gasteiger partial charge in [0.2, 0.25) is 0 Å². The van der Waals surface area contributed by atoms with Gasteiger partial charge >= 0.3 is 13.3 Å². The summed E-state index contributed by atoms with van der Waals surface area (Å²) in [5.74, 6) is 0. The zero-order valence-corrected chi connectivity index (χ0v) is 13.8. The molecule has 130 valence electrons. The van der Waals surface area contributed by atoms with Crippen molar-refractivity contribution in [3.63, 3.8) is 0 Å². The largest absolute Gasteiger partial charge is 0.386 e. The molecule has 23 heavy (non-hydrogen) atoms. The molecule has 0 aromatic carbocycles. The molecule has 0 bridgehead atoms. The molecule has 0 spiro atoms. The zero-order valence-electron chi connectivity index (χ0n) is 12.9. The molecule has 2 heterocycles. The second-order valence-corrected chi connectivity index (χ2v) is 7.12. The first-order valence-corrected chi connectivity index (χ1v) is 8.77. The lowest BCUT2D eigenvalue weighted by atomic mass is 10.1. The molecule has 2 N–H and O–H groups in total. The van der Waals surface area contributed by atoms with Crippen LogP contribution in [0.4, 0.5) is 0 Å². The third-order valence-electron chi connectivity index (χ3n) is 3.55. The summed E-state index contributed by atoms with van der Waals surface area (Å²) in [7, 11) is -1.09. The highest BCUT2D eigenvalue weighted by Gasteiger charge is 2.46. The number of hydrogen-bond donors (Lipinski definition) is 2. The van der Waals surface area contributed by atoms with Gasteiger partial charge in [-0.25, -0.2) is 4.79 Å². The summed E-state index contributed by atoms with van der Waals surface area (Å²) in [6, 6.07) is 1.16. The normalized spacial score (nSPS) is 30.3. The molecule has 0 amide bonds. The number of aromatic nitrogens is 2. The number of rotatable bonds is 5. The van der Waals surface area contributed by atoms with Crippen LogP contribution in [0, 0.1) is 0 Å². The molecule has 0 aliphatic carbocycles. The average Bonchev–Trinajstić information content (AvgIpc) is 2.78. The smallest absolute Gasteiger partial charge is 0.332 e. The van der Waals surface area contributed by atoms with Gasteiger partial charge in [-0.15, -0.1) is 0 Å². The number of nitrogens with zero attached hydrogens (tertiary/aromatic N) is 2. The van der Waals surface area contributed by atoms with Crippen molar-refractivity contribution >= 4 is 7.60 Å². The fraction of sp³-hybridized carbons (Fsp3) is 0.667. The van der Waals surface area contributed by atoms with E-state index in [0.29, 0.717) is 0 Å². The molecule has 0 radical (unpaired) electrons.